The van der Waals surface area contributed by atoms with Crippen LogP contribution in [0.1, 0.15) is 9.67 Å². The third-order valence-corrected chi connectivity index (χ3v) is 3.42. The molecule has 1 aliphatic rings. The van der Waals surface area contributed by atoms with Crippen LogP contribution >= 0.6 is 11.3 Å². The van der Waals surface area contributed by atoms with Crippen molar-refractivity contribution < 1.29 is 18.0 Å². The zero-order valence-corrected chi connectivity index (χ0v) is 9.57. The monoisotopic (exact) mass is 265 g/mol. The van der Waals surface area contributed by atoms with E-state index >= 15 is 0 Å². The lowest BCUT2D eigenvalue weighted by Gasteiger charge is -2.26. The number of aromatic nitrogens is 1. The Balaban J connectivity index is 2.12. The Bertz CT molecular complexity index is 412. The summed E-state index contributed by atoms with van der Waals surface area (Å²) in [5, 5.41) is 3.60. The molecule has 0 radical (unpaired) electrons. The van der Waals surface area contributed by atoms with E-state index in [9.17, 15) is 18.0 Å². The van der Waals surface area contributed by atoms with Gasteiger partial charge in [0.1, 0.15) is 4.88 Å². The Hall–Kier alpha value is -1.15. The van der Waals surface area contributed by atoms with Crippen molar-refractivity contribution in [2.24, 2.45) is 0 Å². The largest absolute Gasteiger partial charge is 0.455 e. The van der Waals surface area contributed by atoms with Gasteiger partial charge in [0.25, 0.3) is 5.78 Å². The first-order valence-electron chi connectivity index (χ1n) is 5.01. The van der Waals surface area contributed by atoms with Gasteiger partial charge in [0.15, 0.2) is 5.13 Å². The lowest BCUT2D eigenvalue weighted by atomic mass is 10.3. The molecule has 1 aliphatic heterocycles. The molecule has 0 saturated carbocycles. The highest BCUT2D eigenvalue weighted by Gasteiger charge is 2.40. The number of nitrogens with zero attached hydrogens (tertiary/aromatic N) is 2. The molecule has 94 valence electrons. The number of anilines is 1. The van der Waals surface area contributed by atoms with Gasteiger partial charge < -0.3 is 10.2 Å². The first kappa shape index (κ1) is 12.3. The van der Waals surface area contributed by atoms with Gasteiger partial charge in [0.05, 0.1) is 6.20 Å². The minimum atomic E-state index is -4.83. The molecule has 0 spiro atoms. The van der Waals surface area contributed by atoms with E-state index in [1.54, 1.807) is 0 Å². The number of carbonyl (C=O) groups is 1. The van der Waals surface area contributed by atoms with Gasteiger partial charge in [-0.05, 0) is 0 Å². The molecule has 17 heavy (non-hydrogen) atoms. The van der Waals surface area contributed by atoms with E-state index in [-0.39, 0.29) is 4.88 Å². The van der Waals surface area contributed by atoms with Crippen molar-refractivity contribution in [3.8, 4) is 0 Å². The summed E-state index contributed by atoms with van der Waals surface area (Å²) in [7, 11) is 0. The quantitative estimate of drug-likeness (QED) is 0.819. The molecule has 1 N–H and O–H groups in total. The third-order valence-electron chi connectivity index (χ3n) is 2.36. The second-order valence-corrected chi connectivity index (χ2v) is 4.58. The van der Waals surface area contributed by atoms with E-state index in [1.807, 2.05) is 4.90 Å². The van der Waals surface area contributed by atoms with E-state index < -0.39 is 12.0 Å². The SMILES string of the molecule is O=C(c1cnc(N2CCNCC2)s1)C(F)(F)F. The van der Waals surface area contributed by atoms with Gasteiger partial charge in [0.2, 0.25) is 0 Å². The summed E-state index contributed by atoms with van der Waals surface area (Å²) >= 11 is 0.792. The van der Waals surface area contributed by atoms with E-state index in [0.29, 0.717) is 18.2 Å². The molecule has 0 unspecified atom stereocenters. The van der Waals surface area contributed by atoms with Crippen LogP contribution in [0.2, 0.25) is 0 Å². The van der Waals surface area contributed by atoms with Gasteiger partial charge in [-0.2, -0.15) is 13.2 Å². The van der Waals surface area contributed by atoms with Crippen molar-refractivity contribution in [3.05, 3.63) is 11.1 Å². The summed E-state index contributed by atoms with van der Waals surface area (Å²) in [5.74, 6) is -1.82. The number of halogens is 3. The molecule has 1 aromatic rings. The van der Waals surface area contributed by atoms with Crippen LogP contribution in [-0.2, 0) is 0 Å². The first-order chi connectivity index (χ1) is 7.98. The number of nitrogens with one attached hydrogen (secondary N) is 1. The van der Waals surface area contributed by atoms with Gasteiger partial charge in [-0.3, -0.25) is 4.79 Å². The molecular formula is C9H10F3N3OS. The molecule has 0 atom stereocenters. The highest BCUT2D eigenvalue weighted by molar-refractivity contribution is 7.17. The average Bonchev–Trinajstić information content (AvgIpc) is 2.77. The fourth-order valence-electron chi connectivity index (χ4n) is 1.51. The highest BCUT2D eigenvalue weighted by atomic mass is 32.1. The number of carbonyl (C=O) groups excluding carboxylic acids is 1. The number of hydrogen-bond acceptors (Lipinski definition) is 5. The van der Waals surface area contributed by atoms with Crippen molar-refractivity contribution in [1.29, 1.82) is 0 Å². The van der Waals surface area contributed by atoms with Crippen molar-refractivity contribution in [2.45, 2.75) is 6.18 Å². The van der Waals surface area contributed by atoms with E-state index in [4.69, 9.17) is 0 Å². The molecule has 4 nitrogen and oxygen atoms in total. The number of thiazole rings is 1. The van der Waals surface area contributed by atoms with Crippen LogP contribution in [0.15, 0.2) is 6.20 Å². The number of rotatable bonds is 2. The Morgan fingerprint density at radius 1 is 1.41 bits per heavy atom. The average molecular weight is 265 g/mol. The van der Waals surface area contributed by atoms with Crippen LogP contribution in [-0.4, -0.2) is 43.1 Å². The number of Topliss-reactive ketones (excluding diaryl/α,β-unsaturated/α-hetero) is 1. The molecule has 0 amide bonds. The van der Waals surface area contributed by atoms with E-state index in [2.05, 4.69) is 10.3 Å². The molecule has 2 rings (SSSR count). The Morgan fingerprint density at radius 2 is 2.06 bits per heavy atom. The summed E-state index contributed by atoms with van der Waals surface area (Å²) in [6, 6.07) is 0. The van der Waals surface area contributed by atoms with Gasteiger partial charge in [-0.15, -0.1) is 0 Å². The first-order valence-corrected chi connectivity index (χ1v) is 5.83. The fourth-order valence-corrected chi connectivity index (χ4v) is 2.44. The summed E-state index contributed by atoms with van der Waals surface area (Å²) in [6.07, 6.45) is -3.83. The summed E-state index contributed by atoms with van der Waals surface area (Å²) < 4.78 is 36.6. The molecule has 0 aliphatic carbocycles. The Kier molecular flexibility index (Phi) is 3.34. The standard InChI is InChI=1S/C9H10F3N3OS/c10-9(11,12)7(16)6-5-14-8(17-6)15-3-1-13-2-4-15/h5,13H,1-4H2. The minimum Gasteiger partial charge on any atom is -0.346 e. The van der Waals surface area contributed by atoms with Crippen molar-refractivity contribution >= 4 is 22.3 Å². The lowest BCUT2D eigenvalue weighted by Crippen LogP contribution is -2.43. The maximum absolute atomic E-state index is 12.2. The van der Waals surface area contributed by atoms with Crippen molar-refractivity contribution in [3.63, 3.8) is 0 Å². The van der Waals surface area contributed by atoms with Crippen LogP contribution in [0.5, 0.6) is 0 Å². The molecule has 1 aromatic heterocycles. The normalized spacial score (nSPS) is 17.2. The third kappa shape index (κ3) is 2.75. The molecule has 0 bridgehead atoms. The predicted molar refractivity (Wildman–Crippen MR) is 57.6 cm³/mol. The van der Waals surface area contributed by atoms with Crippen LogP contribution in [0.25, 0.3) is 0 Å². The fraction of sp³-hybridized carbons (Fsp3) is 0.556. The Labute approximate surface area is 99.4 Å². The van der Waals surface area contributed by atoms with Crippen LogP contribution in [0.4, 0.5) is 18.3 Å². The number of ketones is 1. The van der Waals surface area contributed by atoms with E-state index in [0.717, 1.165) is 30.6 Å². The highest BCUT2D eigenvalue weighted by Crippen LogP contribution is 2.28. The topological polar surface area (TPSA) is 45.2 Å². The predicted octanol–water partition coefficient (Wildman–Crippen LogP) is 1.30. The van der Waals surface area contributed by atoms with Gasteiger partial charge in [-0.25, -0.2) is 4.98 Å². The summed E-state index contributed by atoms with van der Waals surface area (Å²) in [4.78, 5) is 16.4. The van der Waals surface area contributed by atoms with Gasteiger partial charge in [0, 0.05) is 26.2 Å². The molecule has 1 saturated heterocycles. The summed E-state index contributed by atoms with van der Waals surface area (Å²) in [6.45, 7) is 2.91. The smallest absolute Gasteiger partial charge is 0.346 e. The number of piperazine rings is 1. The van der Waals surface area contributed by atoms with Crippen molar-refractivity contribution in [2.75, 3.05) is 31.1 Å². The van der Waals surface area contributed by atoms with Crippen LogP contribution in [0, 0.1) is 0 Å². The molecule has 8 heteroatoms. The minimum absolute atomic E-state index is 0.356. The van der Waals surface area contributed by atoms with Gasteiger partial charge in [-0.1, -0.05) is 11.3 Å². The second-order valence-electron chi connectivity index (χ2n) is 3.57. The molecule has 0 aromatic carbocycles. The van der Waals surface area contributed by atoms with Crippen LogP contribution in [0.3, 0.4) is 0 Å². The van der Waals surface area contributed by atoms with E-state index in [1.165, 1.54) is 0 Å². The van der Waals surface area contributed by atoms with Gasteiger partial charge >= 0.3 is 6.18 Å². The molecular weight excluding hydrogens is 255 g/mol. The Morgan fingerprint density at radius 3 is 2.65 bits per heavy atom. The number of alkyl halides is 3. The second kappa shape index (κ2) is 4.61. The zero-order valence-electron chi connectivity index (χ0n) is 8.75. The van der Waals surface area contributed by atoms with Crippen molar-refractivity contribution in [1.82, 2.24) is 10.3 Å². The molecule has 2 heterocycles. The molecule has 1 fully saturated rings. The van der Waals surface area contributed by atoms with Crippen LogP contribution < -0.4 is 10.2 Å². The zero-order chi connectivity index (χ0) is 12.5. The lowest BCUT2D eigenvalue weighted by molar-refractivity contribution is -0.0882. The maximum atomic E-state index is 12.2. The maximum Gasteiger partial charge on any atom is 0.455 e. The summed E-state index contributed by atoms with van der Waals surface area (Å²) in [5.41, 5.74) is 0. The number of hydrogen-bond donors (Lipinski definition) is 1.